The van der Waals surface area contributed by atoms with Gasteiger partial charge in [-0.1, -0.05) is 0 Å². The van der Waals surface area contributed by atoms with E-state index in [-0.39, 0.29) is 5.91 Å². The van der Waals surface area contributed by atoms with Crippen molar-refractivity contribution < 1.29 is 9.21 Å². The minimum absolute atomic E-state index is 0.184. The molecule has 0 aliphatic carbocycles. The maximum absolute atomic E-state index is 11.3. The zero-order valence-electron chi connectivity index (χ0n) is 6.84. The van der Waals surface area contributed by atoms with Crippen LogP contribution >= 0.6 is 15.9 Å². The number of hydrogen-bond donors (Lipinski definition) is 1. The fourth-order valence-electron chi connectivity index (χ4n) is 0.799. The molecule has 0 fully saturated rings. The molecule has 1 rings (SSSR count). The van der Waals surface area contributed by atoms with Crippen molar-refractivity contribution in [2.45, 2.75) is 6.42 Å². The highest BCUT2D eigenvalue weighted by Gasteiger charge is 2.10. The summed E-state index contributed by atoms with van der Waals surface area (Å²) in [5.41, 5.74) is 0.483. The molecule has 0 aliphatic rings. The van der Waals surface area contributed by atoms with E-state index in [2.05, 4.69) is 27.2 Å². The van der Waals surface area contributed by atoms with Crippen molar-refractivity contribution >= 4 is 21.8 Å². The van der Waals surface area contributed by atoms with Crippen LogP contribution in [0.25, 0.3) is 0 Å². The van der Waals surface area contributed by atoms with Gasteiger partial charge in [0.2, 0.25) is 0 Å². The normalized spacial score (nSPS) is 9.23. The Labute approximate surface area is 84.6 Å². The summed E-state index contributed by atoms with van der Waals surface area (Å²) >= 11 is 3.11. The molecule has 0 spiro atoms. The first-order valence-electron chi connectivity index (χ1n) is 3.70. The lowest BCUT2D eigenvalue weighted by Crippen LogP contribution is -2.23. The molecule has 0 saturated carbocycles. The van der Waals surface area contributed by atoms with Crippen LogP contribution in [0.1, 0.15) is 16.8 Å². The van der Waals surface area contributed by atoms with Gasteiger partial charge in [-0.3, -0.25) is 4.79 Å². The Kier molecular flexibility index (Phi) is 3.59. The fourth-order valence-corrected chi connectivity index (χ4v) is 1.22. The van der Waals surface area contributed by atoms with Crippen molar-refractivity contribution in [2.24, 2.45) is 0 Å². The topological polar surface area (TPSA) is 42.2 Å². The van der Waals surface area contributed by atoms with Crippen LogP contribution in [0.2, 0.25) is 0 Å². The Balaban J connectivity index is 2.50. The molecule has 3 nitrogen and oxygen atoms in total. The van der Waals surface area contributed by atoms with Crippen molar-refractivity contribution in [3.63, 3.8) is 0 Å². The third-order valence-corrected chi connectivity index (χ3v) is 2.03. The summed E-state index contributed by atoms with van der Waals surface area (Å²) in [7, 11) is 0. The summed E-state index contributed by atoms with van der Waals surface area (Å²) in [6.07, 6.45) is 7.01. The first kappa shape index (κ1) is 9.87. The zero-order chi connectivity index (χ0) is 9.68. The number of nitrogens with one attached hydrogen (secondary N) is 1. The van der Waals surface area contributed by atoms with Gasteiger partial charge in [0, 0.05) is 13.0 Å². The number of amides is 1. The third-order valence-electron chi connectivity index (χ3n) is 1.42. The number of hydrogen-bond acceptors (Lipinski definition) is 2. The lowest BCUT2D eigenvalue weighted by molar-refractivity contribution is 0.0953. The van der Waals surface area contributed by atoms with Crippen molar-refractivity contribution in [1.82, 2.24) is 5.32 Å². The minimum atomic E-state index is -0.184. The van der Waals surface area contributed by atoms with E-state index in [0.717, 1.165) is 0 Å². The van der Waals surface area contributed by atoms with Crippen LogP contribution in [-0.2, 0) is 0 Å². The molecule has 68 valence electrons. The molecule has 0 radical (unpaired) electrons. The van der Waals surface area contributed by atoms with Gasteiger partial charge in [-0.05, 0) is 22.0 Å². The van der Waals surface area contributed by atoms with Crippen molar-refractivity contribution in [1.29, 1.82) is 0 Å². The molecule has 0 saturated heterocycles. The first-order valence-corrected chi connectivity index (χ1v) is 4.49. The van der Waals surface area contributed by atoms with Crippen LogP contribution in [0.5, 0.6) is 0 Å². The molecule has 0 atom stereocenters. The maximum atomic E-state index is 11.3. The van der Waals surface area contributed by atoms with E-state index in [0.29, 0.717) is 23.2 Å². The SMILES string of the molecule is C#CCCNC(=O)c1ccoc1Br. The van der Waals surface area contributed by atoms with Gasteiger partial charge in [0.15, 0.2) is 4.67 Å². The van der Waals surface area contributed by atoms with E-state index in [1.165, 1.54) is 6.26 Å². The predicted octanol–water partition coefficient (Wildman–Crippen LogP) is 1.80. The van der Waals surface area contributed by atoms with Crippen LogP contribution in [0.4, 0.5) is 0 Å². The average molecular weight is 242 g/mol. The van der Waals surface area contributed by atoms with Gasteiger partial charge in [-0.2, -0.15) is 0 Å². The van der Waals surface area contributed by atoms with Gasteiger partial charge < -0.3 is 9.73 Å². The van der Waals surface area contributed by atoms with Crippen LogP contribution in [0.3, 0.4) is 0 Å². The largest absolute Gasteiger partial charge is 0.457 e. The molecule has 1 heterocycles. The van der Waals surface area contributed by atoms with Gasteiger partial charge in [0.25, 0.3) is 5.91 Å². The summed E-state index contributed by atoms with van der Waals surface area (Å²) in [6, 6.07) is 1.59. The molecule has 0 aromatic carbocycles. The highest BCUT2D eigenvalue weighted by molar-refractivity contribution is 9.10. The summed E-state index contributed by atoms with van der Waals surface area (Å²) < 4.78 is 5.34. The molecule has 1 N–H and O–H groups in total. The van der Waals surface area contributed by atoms with Gasteiger partial charge in [0.05, 0.1) is 11.8 Å². The van der Waals surface area contributed by atoms with Crippen LogP contribution in [0, 0.1) is 12.3 Å². The van der Waals surface area contributed by atoms with E-state index in [1.54, 1.807) is 6.07 Å². The lowest BCUT2D eigenvalue weighted by atomic mass is 10.3. The molecule has 1 aromatic heterocycles. The summed E-state index contributed by atoms with van der Waals surface area (Å²) in [6.45, 7) is 0.479. The molecule has 0 unspecified atom stereocenters. The Morgan fingerprint density at radius 2 is 2.54 bits per heavy atom. The molecule has 0 aliphatic heterocycles. The van der Waals surface area contributed by atoms with Crippen LogP contribution in [-0.4, -0.2) is 12.5 Å². The van der Waals surface area contributed by atoms with Crippen molar-refractivity contribution in [2.75, 3.05) is 6.54 Å². The number of terminal acetylenes is 1. The standard InChI is InChI=1S/C9H8BrNO2/c1-2-3-5-11-9(12)7-4-6-13-8(7)10/h1,4,6H,3,5H2,(H,11,12). The Hall–Kier alpha value is -1.21. The maximum Gasteiger partial charge on any atom is 0.255 e. The number of halogens is 1. The Bertz CT molecular complexity index is 338. The first-order chi connectivity index (χ1) is 6.25. The number of furan rings is 1. The van der Waals surface area contributed by atoms with Crippen LogP contribution < -0.4 is 5.32 Å². The van der Waals surface area contributed by atoms with E-state index >= 15 is 0 Å². The summed E-state index contributed by atoms with van der Waals surface area (Å²) in [5, 5.41) is 2.66. The third kappa shape index (κ3) is 2.63. The fraction of sp³-hybridized carbons (Fsp3) is 0.222. The smallest absolute Gasteiger partial charge is 0.255 e. The van der Waals surface area contributed by atoms with E-state index < -0.39 is 0 Å². The Morgan fingerprint density at radius 3 is 3.08 bits per heavy atom. The van der Waals surface area contributed by atoms with Crippen molar-refractivity contribution in [3.05, 3.63) is 22.6 Å². The number of carbonyl (C=O) groups is 1. The zero-order valence-corrected chi connectivity index (χ0v) is 8.43. The van der Waals surface area contributed by atoms with Gasteiger partial charge in [-0.15, -0.1) is 12.3 Å². The quantitative estimate of drug-likeness (QED) is 0.648. The molecular weight excluding hydrogens is 234 g/mol. The van der Waals surface area contributed by atoms with E-state index in [1.807, 2.05) is 0 Å². The highest BCUT2D eigenvalue weighted by Crippen LogP contribution is 2.16. The number of rotatable bonds is 3. The second-order valence-electron chi connectivity index (χ2n) is 2.32. The number of carbonyl (C=O) groups excluding carboxylic acids is 1. The highest BCUT2D eigenvalue weighted by atomic mass is 79.9. The molecule has 1 amide bonds. The Morgan fingerprint density at radius 1 is 1.77 bits per heavy atom. The predicted molar refractivity (Wildman–Crippen MR) is 52.2 cm³/mol. The monoisotopic (exact) mass is 241 g/mol. The molecule has 0 bridgehead atoms. The molecule has 1 aromatic rings. The van der Waals surface area contributed by atoms with E-state index in [4.69, 9.17) is 10.8 Å². The molecule has 4 heteroatoms. The summed E-state index contributed by atoms with van der Waals surface area (Å²) in [5.74, 6) is 2.25. The molecular formula is C9H8BrNO2. The average Bonchev–Trinajstić information content (AvgIpc) is 2.52. The second kappa shape index (κ2) is 4.73. The van der Waals surface area contributed by atoms with Gasteiger partial charge in [0.1, 0.15) is 0 Å². The lowest BCUT2D eigenvalue weighted by Gasteiger charge is -1.99. The second-order valence-corrected chi connectivity index (χ2v) is 3.04. The van der Waals surface area contributed by atoms with E-state index in [9.17, 15) is 4.79 Å². The minimum Gasteiger partial charge on any atom is -0.457 e. The molecule has 13 heavy (non-hydrogen) atoms. The van der Waals surface area contributed by atoms with Gasteiger partial charge >= 0.3 is 0 Å². The summed E-state index contributed by atoms with van der Waals surface area (Å²) in [4.78, 5) is 11.3. The van der Waals surface area contributed by atoms with Gasteiger partial charge in [-0.25, -0.2) is 0 Å². The van der Waals surface area contributed by atoms with Crippen LogP contribution in [0.15, 0.2) is 21.4 Å². The van der Waals surface area contributed by atoms with Crippen molar-refractivity contribution in [3.8, 4) is 12.3 Å².